The molecule has 3 aromatic rings. The second-order valence-electron chi connectivity index (χ2n) is 6.65. The summed E-state index contributed by atoms with van der Waals surface area (Å²) in [4.78, 5) is 11.5. The van der Waals surface area contributed by atoms with Gasteiger partial charge in [0.1, 0.15) is 17.0 Å². The van der Waals surface area contributed by atoms with Gasteiger partial charge in [0.25, 0.3) is 0 Å². The van der Waals surface area contributed by atoms with Crippen molar-refractivity contribution in [3.8, 4) is 11.3 Å². The Labute approximate surface area is 156 Å². The summed E-state index contributed by atoms with van der Waals surface area (Å²) in [5.74, 6) is 1.18. The van der Waals surface area contributed by atoms with Gasteiger partial charge in [-0.25, -0.2) is 9.97 Å². The minimum Gasteiger partial charge on any atom is -0.395 e. The van der Waals surface area contributed by atoms with E-state index >= 15 is 0 Å². The van der Waals surface area contributed by atoms with Crippen LogP contribution in [0, 0.1) is 5.92 Å². The van der Waals surface area contributed by atoms with E-state index in [-0.39, 0.29) is 12.6 Å². The molecule has 2 aromatic heterocycles. The molecule has 0 bridgehead atoms. The van der Waals surface area contributed by atoms with E-state index in [9.17, 15) is 5.11 Å². The van der Waals surface area contributed by atoms with E-state index in [1.807, 2.05) is 24.3 Å². The number of nitrogens with two attached hydrogens (primary N) is 1. The van der Waals surface area contributed by atoms with Crippen molar-refractivity contribution in [3.05, 3.63) is 35.5 Å². The lowest BCUT2D eigenvalue weighted by atomic mass is 9.90. The first-order valence-corrected chi connectivity index (χ1v) is 9.12. The van der Waals surface area contributed by atoms with Crippen molar-refractivity contribution in [2.24, 2.45) is 11.7 Å². The molecular weight excluding hydrogens is 352 g/mol. The Hall–Kier alpha value is -2.22. The van der Waals surface area contributed by atoms with E-state index in [1.165, 1.54) is 0 Å². The highest BCUT2D eigenvalue weighted by atomic mass is 35.5. The van der Waals surface area contributed by atoms with Crippen LogP contribution in [0.25, 0.3) is 22.4 Å². The van der Waals surface area contributed by atoms with Gasteiger partial charge in [-0.1, -0.05) is 29.8 Å². The SMILES string of the molecule is NC(CO)C1CCN(c2cnc3c(-c4ccccc4Cl)n[nH]c3n2)CC1. The zero-order valence-corrected chi connectivity index (χ0v) is 15.0. The number of nitrogens with zero attached hydrogens (tertiary/aromatic N) is 4. The summed E-state index contributed by atoms with van der Waals surface area (Å²) in [6.07, 6.45) is 3.66. The van der Waals surface area contributed by atoms with Crippen LogP contribution in [0.15, 0.2) is 30.5 Å². The molecule has 4 rings (SSSR count). The largest absolute Gasteiger partial charge is 0.395 e. The zero-order chi connectivity index (χ0) is 18.1. The highest BCUT2D eigenvalue weighted by Gasteiger charge is 2.25. The monoisotopic (exact) mass is 372 g/mol. The second kappa shape index (κ2) is 7.19. The maximum Gasteiger partial charge on any atom is 0.177 e. The molecule has 8 heteroatoms. The van der Waals surface area contributed by atoms with Crippen LogP contribution in [-0.2, 0) is 0 Å². The number of benzene rings is 1. The first kappa shape index (κ1) is 17.2. The molecule has 1 aromatic carbocycles. The van der Waals surface area contributed by atoms with Crippen LogP contribution in [0.5, 0.6) is 0 Å². The van der Waals surface area contributed by atoms with Crippen LogP contribution in [0.3, 0.4) is 0 Å². The smallest absolute Gasteiger partial charge is 0.177 e. The number of aromatic amines is 1. The van der Waals surface area contributed by atoms with Gasteiger partial charge in [0.15, 0.2) is 5.65 Å². The van der Waals surface area contributed by atoms with E-state index < -0.39 is 0 Å². The van der Waals surface area contributed by atoms with Gasteiger partial charge in [-0.05, 0) is 24.8 Å². The van der Waals surface area contributed by atoms with E-state index in [2.05, 4.69) is 25.1 Å². The Morgan fingerprint density at radius 1 is 1.31 bits per heavy atom. The lowest BCUT2D eigenvalue weighted by molar-refractivity contribution is 0.208. The molecule has 1 aliphatic rings. The van der Waals surface area contributed by atoms with Crippen LogP contribution >= 0.6 is 11.6 Å². The van der Waals surface area contributed by atoms with Crippen molar-refractivity contribution < 1.29 is 5.11 Å². The lowest BCUT2D eigenvalue weighted by Crippen LogP contribution is -2.42. The maximum atomic E-state index is 9.22. The molecule has 1 fully saturated rings. The number of nitrogens with one attached hydrogen (secondary N) is 1. The third kappa shape index (κ3) is 3.13. The predicted molar refractivity (Wildman–Crippen MR) is 102 cm³/mol. The molecular formula is C18H21ClN6O. The molecule has 1 aliphatic heterocycles. The lowest BCUT2D eigenvalue weighted by Gasteiger charge is -2.34. The molecule has 1 atom stereocenters. The van der Waals surface area contributed by atoms with Gasteiger partial charge in [-0.15, -0.1) is 0 Å². The summed E-state index contributed by atoms with van der Waals surface area (Å²) in [5, 5.41) is 17.2. The molecule has 7 nitrogen and oxygen atoms in total. The van der Waals surface area contributed by atoms with E-state index in [0.717, 1.165) is 37.3 Å². The number of hydrogen-bond donors (Lipinski definition) is 3. The standard InChI is InChI=1S/C18H21ClN6O/c19-13-4-2-1-3-12(13)16-17-18(24-23-16)22-15(9-21-17)25-7-5-11(6-8-25)14(20)10-26/h1-4,9,11,14,26H,5-8,10,20H2,(H,22,23,24). The Bertz CT molecular complexity index is 906. The number of halogens is 1. The average molecular weight is 373 g/mol. The first-order valence-electron chi connectivity index (χ1n) is 8.74. The Morgan fingerprint density at radius 2 is 2.08 bits per heavy atom. The van der Waals surface area contributed by atoms with Crippen LogP contribution < -0.4 is 10.6 Å². The summed E-state index contributed by atoms with van der Waals surface area (Å²) < 4.78 is 0. The Balaban J connectivity index is 1.57. The van der Waals surface area contributed by atoms with Crippen LogP contribution in [0.1, 0.15) is 12.8 Å². The van der Waals surface area contributed by atoms with Crippen molar-refractivity contribution in [2.45, 2.75) is 18.9 Å². The third-order valence-corrected chi connectivity index (χ3v) is 5.40. The molecule has 0 saturated carbocycles. The highest BCUT2D eigenvalue weighted by molar-refractivity contribution is 6.33. The summed E-state index contributed by atoms with van der Waals surface area (Å²) in [5.41, 5.74) is 8.85. The first-order chi connectivity index (χ1) is 12.7. The molecule has 1 unspecified atom stereocenters. The van der Waals surface area contributed by atoms with Gasteiger partial charge in [0.2, 0.25) is 0 Å². The topological polar surface area (TPSA) is 104 Å². The molecule has 136 valence electrons. The van der Waals surface area contributed by atoms with Gasteiger partial charge < -0.3 is 15.7 Å². The summed E-state index contributed by atoms with van der Waals surface area (Å²) in [6.45, 7) is 1.74. The quantitative estimate of drug-likeness (QED) is 0.648. The van der Waals surface area contributed by atoms with Gasteiger partial charge in [0, 0.05) is 24.7 Å². The number of hydrogen-bond acceptors (Lipinski definition) is 6. The Morgan fingerprint density at radius 3 is 2.81 bits per heavy atom. The van der Waals surface area contributed by atoms with E-state index in [4.69, 9.17) is 17.3 Å². The minimum absolute atomic E-state index is 0.0371. The predicted octanol–water partition coefficient (Wildman–Crippen LogP) is 2.21. The molecule has 0 radical (unpaired) electrons. The number of fused-ring (bicyclic) bond motifs is 1. The number of rotatable bonds is 4. The van der Waals surface area contributed by atoms with Crippen molar-refractivity contribution in [1.29, 1.82) is 0 Å². The highest BCUT2D eigenvalue weighted by Crippen LogP contribution is 2.31. The number of aromatic nitrogens is 4. The molecule has 3 heterocycles. The van der Waals surface area contributed by atoms with E-state index in [0.29, 0.717) is 27.8 Å². The van der Waals surface area contributed by atoms with Crippen molar-refractivity contribution in [2.75, 3.05) is 24.6 Å². The van der Waals surface area contributed by atoms with Crippen LogP contribution in [-0.4, -0.2) is 51.0 Å². The van der Waals surface area contributed by atoms with Crippen molar-refractivity contribution >= 4 is 28.6 Å². The third-order valence-electron chi connectivity index (χ3n) is 5.07. The van der Waals surface area contributed by atoms with Gasteiger partial charge in [-0.3, -0.25) is 5.10 Å². The minimum atomic E-state index is -0.142. The maximum absolute atomic E-state index is 9.22. The molecule has 0 aliphatic carbocycles. The van der Waals surface area contributed by atoms with Crippen molar-refractivity contribution in [3.63, 3.8) is 0 Å². The van der Waals surface area contributed by atoms with Gasteiger partial charge >= 0.3 is 0 Å². The molecule has 0 spiro atoms. The fourth-order valence-corrected chi connectivity index (χ4v) is 3.72. The number of H-pyrrole nitrogens is 1. The Kier molecular flexibility index (Phi) is 4.76. The zero-order valence-electron chi connectivity index (χ0n) is 14.3. The molecule has 4 N–H and O–H groups in total. The van der Waals surface area contributed by atoms with Crippen LogP contribution in [0.4, 0.5) is 5.82 Å². The number of anilines is 1. The van der Waals surface area contributed by atoms with Gasteiger partial charge in [0.05, 0.1) is 17.8 Å². The summed E-state index contributed by atoms with van der Waals surface area (Å²) in [6, 6.07) is 7.42. The average Bonchev–Trinajstić information content (AvgIpc) is 3.11. The summed E-state index contributed by atoms with van der Waals surface area (Å²) in [7, 11) is 0. The van der Waals surface area contributed by atoms with Gasteiger partial charge in [-0.2, -0.15) is 5.10 Å². The van der Waals surface area contributed by atoms with Crippen molar-refractivity contribution in [1.82, 2.24) is 20.2 Å². The number of aliphatic hydroxyl groups is 1. The van der Waals surface area contributed by atoms with Crippen LogP contribution in [0.2, 0.25) is 5.02 Å². The fraction of sp³-hybridized carbons (Fsp3) is 0.389. The van der Waals surface area contributed by atoms with E-state index in [1.54, 1.807) is 6.20 Å². The molecule has 0 amide bonds. The number of piperidine rings is 1. The fourth-order valence-electron chi connectivity index (χ4n) is 3.49. The molecule has 1 saturated heterocycles. The molecule has 26 heavy (non-hydrogen) atoms. The number of aliphatic hydroxyl groups excluding tert-OH is 1. The normalized spacial score (nSPS) is 17.0. The second-order valence-corrected chi connectivity index (χ2v) is 7.06. The summed E-state index contributed by atoms with van der Waals surface area (Å²) >= 11 is 6.28.